The minimum absolute atomic E-state index is 0.0275. The van der Waals surface area contributed by atoms with Crippen LogP contribution in [0.4, 0.5) is 5.88 Å². The summed E-state index contributed by atoms with van der Waals surface area (Å²) in [5, 5.41) is 3.23. The van der Waals surface area contributed by atoms with Gasteiger partial charge in [0.05, 0.1) is 22.9 Å². The third kappa shape index (κ3) is 4.31. The number of ether oxygens (including phenoxy) is 1. The van der Waals surface area contributed by atoms with Gasteiger partial charge in [-0.1, -0.05) is 42.5 Å². The molecule has 0 fully saturated rings. The van der Waals surface area contributed by atoms with Gasteiger partial charge < -0.3 is 9.15 Å². The lowest BCUT2D eigenvalue weighted by atomic mass is 10.1. The second-order valence-corrected chi connectivity index (χ2v) is 8.08. The van der Waals surface area contributed by atoms with Crippen molar-refractivity contribution in [2.24, 2.45) is 0 Å². The van der Waals surface area contributed by atoms with Gasteiger partial charge in [0.25, 0.3) is 0 Å². The zero-order chi connectivity index (χ0) is 22.7. The van der Waals surface area contributed by atoms with Gasteiger partial charge in [-0.25, -0.2) is 9.78 Å². The van der Waals surface area contributed by atoms with Crippen molar-refractivity contribution in [2.75, 3.05) is 12.4 Å². The number of hydrogen-bond donors (Lipinski definition) is 1. The minimum atomic E-state index is -0.583. The zero-order valence-electron chi connectivity index (χ0n) is 17.5. The fraction of sp³-hybridized carbons (Fsp3) is 0.167. The fourth-order valence-corrected chi connectivity index (χ4v) is 4.36. The van der Waals surface area contributed by atoms with E-state index in [1.54, 1.807) is 31.2 Å². The van der Waals surface area contributed by atoms with E-state index < -0.39 is 11.9 Å². The molecule has 4 rings (SSSR count). The Balaban J connectivity index is 1.61. The van der Waals surface area contributed by atoms with Crippen LogP contribution in [0, 0.1) is 6.92 Å². The molecule has 0 spiro atoms. The van der Waals surface area contributed by atoms with Gasteiger partial charge in [0, 0.05) is 18.4 Å². The van der Waals surface area contributed by atoms with Crippen LogP contribution in [0.2, 0.25) is 0 Å². The highest BCUT2D eigenvalue weighted by atomic mass is 32.1. The van der Waals surface area contributed by atoms with Crippen molar-refractivity contribution in [2.45, 2.75) is 19.8 Å². The molecule has 7 nitrogen and oxygen atoms in total. The highest BCUT2D eigenvalue weighted by molar-refractivity contribution is 7.21. The number of benzene rings is 2. The quantitative estimate of drug-likeness (QED) is 0.306. The molecule has 162 valence electrons. The maximum absolute atomic E-state index is 12.6. The lowest BCUT2D eigenvalue weighted by Gasteiger charge is -2.05. The monoisotopic (exact) mass is 448 g/mol. The lowest BCUT2D eigenvalue weighted by molar-refractivity contribution is -0.116. The van der Waals surface area contributed by atoms with Crippen molar-refractivity contribution in [3.63, 3.8) is 0 Å². The van der Waals surface area contributed by atoms with Crippen LogP contribution < -0.4 is 5.32 Å². The van der Waals surface area contributed by atoms with Crippen molar-refractivity contribution < 1.29 is 23.5 Å². The van der Waals surface area contributed by atoms with E-state index in [1.807, 2.05) is 30.3 Å². The Morgan fingerprint density at radius 1 is 1.03 bits per heavy atom. The van der Waals surface area contributed by atoms with Gasteiger partial charge in [-0.15, -0.1) is 11.3 Å². The Morgan fingerprint density at radius 3 is 2.47 bits per heavy atom. The van der Waals surface area contributed by atoms with Crippen LogP contribution in [0.5, 0.6) is 0 Å². The van der Waals surface area contributed by atoms with Crippen LogP contribution >= 0.6 is 11.3 Å². The van der Waals surface area contributed by atoms with E-state index in [0.717, 1.165) is 10.2 Å². The normalized spacial score (nSPS) is 10.8. The van der Waals surface area contributed by atoms with Crippen LogP contribution in [0.3, 0.4) is 0 Å². The van der Waals surface area contributed by atoms with Crippen molar-refractivity contribution in [1.29, 1.82) is 0 Å². The lowest BCUT2D eigenvalue weighted by Crippen LogP contribution is -2.14. The number of nitrogens with zero attached hydrogens (tertiary/aromatic N) is 1. The third-order valence-electron chi connectivity index (χ3n) is 4.91. The smallest absolute Gasteiger partial charge is 0.342 e. The molecule has 1 N–H and O–H groups in total. The van der Waals surface area contributed by atoms with Gasteiger partial charge in [0.2, 0.25) is 11.8 Å². The summed E-state index contributed by atoms with van der Waals surface area (Å²) in [4.78, 5) is 42.0. The molecule has 0 saturated heterocycles. The van der Waals surface area contributed by atoms with Crippen LogP contribution in [0.15, 0.2) is 59.0 Å². The van der Waals surface area contributed by atoms with Crippen molar-refractivity contribution in [3.05, 3.63) is 71.5 Å². The van der Waals surface area contributed by atoms with Gasteiger partial charge in [-0.3, -0.25) is 14.9 Å². The number of nitrogens with one attached hydrogen (secondary N) is 1. The molecular formula is C24H20N2O5S. The van der Waals surface area contributed by atoms with E-state index in [1.165, 1.54) is 18.4 Å². The molecular weight excluding hydrogens is 428 g/mol. The maximum atomic E-state index is 12.6. The molecule has 1 amide bonds. The molecule has 0 aliphatic carbocycles. The first-order valence-corrected chi connectivity index (χ1v) is 10.8. The molecule has 0 bridgehead atoms. The number of Topliss-reactive ketones (excluding diaryl/α,β-unsaturated/α-hetero) is 1. The Hall–Kier alpha value is -3.78. The number of thiazole rings is 1. The summed E-state index contributed by atoms with van der Waals surface area (Å²) >= 11 is 1.38. The van der Waals surface area contributed by atoms with Crippen molar-refractivity contribution >= 4 is 45.1 Å². The number of esters is 1. The van der Waals surface area contributed by atoms with E-state index >= 15 is 0 Å². The van der Waals surface area contributed by atoms with Gasteiger partial charge >= 0.3 is 5.97 Å². The summed E-state index contributed by atoms with van der Waals surface area (Å²) < 4.78 is 11.6. The van der Waals surface area contributed by atoms with E-state index in [9.17, 15) is 14.4 Å². The number of ketones is 1. The molecule has 32 heavy (non-hydrogen) atoms. The summed E-state index contributed by atoms with van der Waals surface area (Å²) in [5.41, 5.74) is 1.91. The van der Waals surface area contributed by atoms with Crippen molar-refractivity contribution in [1.82, 2.24) is 4.98 Å². The number of carbonyl (C=O) groups is 3. The summed E-state index contributed by atoms with van der Waals surface area (Å²) in [6.07, 6.45) is 0.0240. The summed E-state index contributed by atoms with van der Waals surface area (Å²) in [5.74, 6) is -0.694. The molecule has 0 atom stereocenters. The molecule has 0 unspecified atom stereocenters. The molecule has 4 aromatic rings. The summed E-state index contributed by atoms with van der Waals surface area (Å²) in [6, 6.07) is 16.4. The summed E-state index contributed by atoms with van der Waals surface area (Å²) in [7, 11) is 1.28. The number of methoxy groups -OCH3 is 1. The number of furan rings is 1. The van der Waals surface area contributed by atoms with Gasteiger partial charge in [0.1, 0.15) is 16.3 Å². The highest BCUT2D eigenvalue weighted by Gasteiger charge is 2.28. The number of rotatable bonds is 7. The largest absolute Gasteiger partial charge is 0.465 e. The van der Waals surface area contributed by atoms with E-state index in [4.69, 9.17) is 9.15 Å². The summed E-state index contributed by atoms with van der Waals surface area (Å²) in [6.45, 7) is 1.62. The van der Waals surface area contributed by atoms with Crippen LogP contribution in [-0.4, -0.2) is 29.8 Å². The first-order chi connectivity index (χ1) is 15.5. The Morgan fingerprint density at radius 2 is 1.75 bits per heavy atom. The number of para-hydroxylation sites is 1. The standard InChI is InChI=1S/C24H20N2O5S/c1-14-20(24(29)30-2)21(23-25-16-10-6-7-11-18(16)32-23)22(31-14)26-19(28)13-12-17(27)15-8-4-3-5-9-15/h3-11H,12-13H2,1-2H3,(H,26,28). The van der Waals surface area contributed by atoms with Crippen LogP contribution in [-0.2, 0) is 9.53 Å². The minimum Gasteiger partial charge on any atom is -0.465 e. The van der Waals surface area contributed by atoms with Crippen molar-refractivity contribution in [3.8, 4) is 10.6 Å². The molecule has 8 heteroatoms. The van der Waals surface area contributed by atoms with Gasteiger partial charge in [-0.2, -0.15) is 0 Å². The van der Waals surface area contributed by atoms with E-state index in [2.05, 4.69) is 10.3 Å². The van der Waals surface area contributed by atoms with Gasteiger partial charge in [0.15, 0.2) is 5.78 Å². The first-order valence-electron chi connectivity index (χ1n) is 9.93. The number of anilines is 1. The average Bonchev–Trinajstić information content (AvgIpc) is 3.37. The predicted molar refractivity (Wildman–Crippen MR) is 122 cm³/mol. The zero-order valence-corrected chi connectivity index (χ0v) is 18.3. The van der Waals surface area contributed by atoms with Crippen LogP contribution in [0.25, 0.3) is 20.8 Å². The number of fused-ring (bicyclic) bond motifs is 1. The third-order valence-corrected chi connectivity index (χ3v) is 5.96. The molecule has 0 radical (unpaired) electrons. The number of aromatic nitrogens is 1. The Bertz CT molecular complexity index is 1270. The Kier molecular flexibility index (Phi) is 6.13. The number of hydrogen-bond acceptors (Lipinski definition) is 7. The topological polar surface area (TPSA) is 98.5 Å². The van der Waals surface area contributed by atoms with Gasteiger partial charge in [-0.05, 0) is 19.1 Å². The second-order valence-electron chi connectivity index (χ2n) is 7.05. The average molecular weight is 449 g/mol. The molecule has 2 heterocycles. The van der Waals surface area contributed by atoms with E-state index in [-0.39, 0.29) is 30.1 Å². The Labute approximate surface area is 188 Å². The predicted octanol–water partition coefficient (Wildman–Crippen LogP) is 5.25. The molecule has 0 aliphatic heterocycles. The highest BCUT2D eigenvalue weighted by Crippen LogP contribution is 2.40. The molecule has 2 aromatic heterocycles. The molecule has 0 aliphatic rings. The first kappa shape index (κ1) is 21.5. The molecule has 2 aromatic carbocycles. The number of carbonyl (C=O) groups excluding carboxylic acids is 3. The fourth-order valence-electron chi connectivity index (χ4n) is 3.35. The second kappa shape index (κ2) is 9.15. The molecule has 0 saturated carbocycles. The van der Waals surface area contributed by atoms with Crippen LogP contribution in [0.1, 0.15) is 39.3 Å². The number of aryl methyl sites for hydroxylation is 1. The number of amides is 1. The van der Waals surface area contributed by atoms with E-state index in [0.29, 0.717) is 21.9 Å². The maximum Gasteiger partial charge on any atom is 0.342 e. The SMILES string of the molecule is COC(=O)c1c(C)oc(NC(=O)CCC(=O)c2ccccc2)c1-c1nc2ccccc2s1.